The molecule has 9 aromatic carbocycles. The number of para-hydroxylation sites is 3. The lowest BCUT2D eigenvalue weighted by Gasteiger charge is -2.28. The van der Waals surface area contributed by atoms with Gasteiger partial charge in [-0.2, -0.15) is 0 Å². The average Bonchev–Trinajstić information content (AvgIpc) is 3.29. The Balaban J connectivity index is 1.19. The maximum atomic E-state index is 9.52. The highest BCUT2D eigenvalue weighted by Crippen LogP contribution is 2.44. The van der Waals surface area contributed by atoms with Crippen molar-refractivity contribution in [3.63, 3.8) is 0 Å². The van der Waals surface area contributed by atoms with Crippen LogP contribution in [0, 0.1) is 0 Å². The van der Waals surface area contributed by atoms with E-state index in [2.05, 4.69) is 11.0 Å². The molecule has 0 fully saturated rings. The maximum Gasteiger partial charge on any atom is 0.0645 e. The van der Waals surface area contributed by atoms with Gasteiger partial charge in [0.2, 0.25) is 0 Å². The van der Waals surface area contributed by atoms with Gasteiger partial charge in [-0.3, -0.25) is 0 Å². The van der Waals surface area contributed by atoms with E-state index in [1.54, 1.807) is 17.0 Å². The summed E-state index contributed by atoms with van der Waals surface area (Å²) in [6.45, 7) is 0. The fourth-order valence-corrected chi connectivity index (χ4v) is 6.68. The van der Waals surface area contributed by atoms with Crippen molar-refractivity contribution in [2.24, 2.45) is 0 Å². The lowest BCUT2D eigenvalue weighted by atomic mass is 9.98. The molecule has 2 heteroatoms. The van der Waals surface area contributed by atoms with Crippen LogP contribution in [0.2, 0.25) is 0 Å². The summed E-state index contributed by atoms with van der Waals surface area (Å²) >= 11 is 0. The first kappa shape index (κ1) is 23.5. The van der Waals surface area contributed by atoms with Crippen molar-refractivity contribution < 1.29 is 11.0 Å². The highest BCUT2D eigenvalue weighted by molar-refractivity contribution is 6.14. The Morgan fingerprint density at radius 3 is 1.13 bits per heavy atom. The number of benzene rings is 9. The molecule has 0 bridgehead atoms. The lowest BCUT2D eigenvalue weighted by molar-refractivity contribution is 1.28. The van der Waals surface area contributed by atoms with E-state index in [0.29, 0.717) is 16.9 Å². The molecule has 0 aromatic heterocycles. The molecule has 2 nitrogen and oxygen atoms in total. The third kappa shape index (κ3) is 5.97. The van der Waals surface area contributed by atoms with Crippen molar-refractivity contribution in [2.75, 3.05) is 9.80 Å². The van der Waals surface area contributed by atoms with E-state index in [1.807, 2.05) is 152 Å². The standard InChI is InChI=1S/C50H36N2/c1-4-16-43(17-5-1)51(44-18-6-2-7-19-44)46-32-28-39(29-33-46)37-24-26-38(27-25-37)40-30-34-47(35-31-40)52(45-20-8-3-9-21-45)50-48-22-12-10-14-41(48)36-42-15-11-13-23-49(42)50/h1-36H/i24D,25D,26D,27D,30D,31D,34D,35D. The van der Waals surface area contributed by atoms with Gasteiger partial charge < -0.3 is 9.80 Å². The van der Waals surface area contributed by atoms with E-state index < -0.39 is 24.2 Å². The predicted octanol–water partition coefficient (Wildman–Crippen LogP) is 14.3. The first-order valence-electron chi connectivity index (χ1n) is 21.1. The Morgan fingerprint density at radius 2 is 0.654 bits per heavy atom. The smallest absolute Gasteiger partial charge is 0.0645 e. The first-order chi connectivity index (χ1) is 29.2. The van der Waals surface area contributed by atoms with Gasteiger partial charge in [-0.05, 0) is 99.7 Å². The van der Waals surface area contributed by atoms with Gasteiger partial charge >= 0.3 is 0 Å². The Hall–Kier alpha value is -6.90. The molecule has 0 radical (unpaired) electrons. The SMILES string of the molecule is [2H]c1c([2H])c(-c2c([2H])c([2H])c(N(c3ccccc3)c3c4ccccc4cc4ccccc34)c([2H])c2[2H])c([2H])c([2H])c1-c1ccc(N(c2ccccc2)c2ccccc2)cc1. The molecule has 0 amide bonds. The molecule has 52 heavy (non-hydrogen) atoms. The van der Waals surface area contributed by atoms with Gasteiger partial charge in [0.15, 0.2) is 0 Å². The summed E-state index contributed by atoms with van der Waals surface area (Å²) in [6.07, 6.45) is 0. The number of hydrogen-bond donors (Lipinski definition) is 0. The molecule has 0 atom stereocenters. The number of fused-ring (bicyclic) bond motifs is 2. The van der Waals surface area contributed by atoms with E-state index in [0.717, 1.165) is 38.6 Å². The zero-order chi connectivity index (χ0) is 41.7. The van der Waals surface area contributed by atoms with Crippen molar-refractivity contribution in [1.82, 2.24) is 0 Å². The Bertz CT molecular complexity index is 2920. The van der Waals surface area contributed by atoms with Gasteiger partial charge in [-0.15, -0.1) is 0 Å². The number of rotatable bonds is 8. The van der Waals surface area contributed by atoms with Gasteiger partial charge in [0.1, 0.15) is 0 Å². The predicted molar refractivity (Wildman–Crippen MR) is 222 cm³/mol. The minimum absolute atomic E-state index is 0.00605. The average molecular weight is 673 g/mol. The third-order valence-corrected chi connectivity index (χ3v) is 9.13. The van der Waals surface area contributed by atoms with Crippen molar-refractivity contribution in [3.8, 4) is 22.3 Å². The summed E-state index contributed by atoms with van der Waals surface area (Å²) in [6, 6.07) is 50.7. The molecule has 0 heterocycles. The van der Waals surface area contributed by atoms with E-state index in [1.165, 1.54) is 0 Å². The minimum atomic E-state index is -0.476. The van der Waals surface area contributed by atoms with Gasteiger partial charge in [-0.25, -0.2) is 0 Å². The fraction of sp³-hybridized carbons (Fsp3) is 0. The second-order valence-electron chi connectivity index (χ2n) is 12.4. The lowest BCUT2D eigenvalue weighted by Crippen LogP contribution is -2.11. The first-order valence-corrected chi connectivity index (χ1v) is 17.1. The molecule has 9 aromatic rings. The molecular weight excluding hydrogens is 629 g/mol. The Morgan fingerprint density at radius 1 is 0.288 bits per heavy atom. The van der Waals surface area contributed by atoms with Gasteiger partial charge in [0.25, 0.3) is 0 Å². The quantitative estimate of drug-likeness (QED) is 0.148. The van der Waals surface area contributed by atoms with E-state index >= 15 is 0 Å². The minimum Gasteiger partial charge on any atom is -0.311 e. The molecule has 0 saturated heterocycles. The second kappa shape index (κ2) is 13.8. The van der Waals surface area contributed by atoms with Crippen LogP contribution in [0.5, 0.6) is 0 Å². The molecule has 0 saturated carbocycles. The Labute approximate surface area is 316 Å². The molecule has 0 aliphatic heterocycles. The topological polar surface area (TPSA) is 6.48 Å². The molecule has 0 N–H and O–H groups in total. The number of nitrogens with zero attached hydrogens (tertiary/aromatic N) is 2. The van der Waals surface area contributed by atoms with Gasteiger partial charge in [0, 0.05) is 39.2 Å². The van der Waals surface area contributed by atoms with Gasteiger partial charge in [0.05, 0.1) is 16.7 Å². The normalized spacial score (nSPS) is 13.2. The van der Waals surface area contributed by atoms with Crippen LogP contribution in [0.4, 0.5) is 34.1 Å². The van der Waals surface area contributed by atoms with Crippen molar-refractivity contribution in [1.29, 1.82) is 0 Å². The van der Waals surface area contributed by atoms with Crippen LogP contribution in [-0.2, 0) is 0 Å². The summed E-state index contributed by atoms with van der Waals surface area (Å²) in [5.74, 6) is 0. The fourth-order valence-electron chi connectivity index (χ4n) is 6.68. The Kier molecular flexibility index (Phi) is 6.23. The van der Waals surface area contributed by atoms with Gasteiger partial charge in [-0.1, -0.05) is 152 Å². The summed E-state index contributed by atoms with van der Waals surface area (Å²) in [5, 5.41) is 3.55. The van der Waals surface area contributed by atoms with Crippen LogP contribution in [0.15, 0.2) is 218 Å². The zero-order valence-electron chi connectivity index (χ0n) is 36.1. The molecule has 9 rings (SSSR count). The van der Waals surface area contributed by atoms with Crippen molar-refractivity contribution in [3.05, 3.63) is 218 Å². The zero-order valence-corrected chi connectivity index (χ0v) is 28.1. The second-order valence-corrected chi connectivity index (χ2v) is 12.4. The molecule has 0 unspecified atom stereocenters. The monoisotopic (exact) mass is 672 g/mol. The molecule has 0 aliphatic carbocycles. The van der Waals surface area contributed by atoms with E-state index in [9.17, 15) is 11.0 Å². The summed E-state index contributed by atoms with van der Waals surface area (Å²) in [7, 11) is 0. The summed E-state index contributed by atoms with van der Waals surface area (Å²) in [4.78, 5) is 3.84. The van der Waals surface area contributed by atoms with Crippen LogP contribution in [0.3, 0.4) is 0 Å². The van der Waals surface area contributed by atoms with Crippen LogP contribution in [0.25, 0.3) is 43.8 Å². The maximum absolute atomic E-state index is 9.52. The molecule has 0 aliphatic rings. The van der Waals surface area contributed by atoms with Crippen molar-refractivity contribution >= 4 is 55.7 Å². The highest BCUT2D eigenvalue weighted by atomic mass is 15.1. The van der Waals surface area contributed by atoms with E-state index in [-0.39, 0.29) is 46.5 Å². The molecule has 246 valence electrons. The van der Waals surface area contributed by atoms with Crippen molar-refractivity contribution in [2.45, 2.75) is 0 Å². The molecule has 0 spiro atoms. The third-order valence-electron chi connectivity index (χ3n) is 9.13. The van der Waals surface area contributed by atoms with Crippen LogP contribution < -0.4 is 9.80 Å². The van der Waals surface area contributed by atoms with Crippen LogP contribution in [-0.4, -0.2) is 0 Å². The van der Waals surface area contributed by atoms with Crippen LogP contribution in [0.1, 0.15) is 11.0 Å². The summed E-state index contributed by atoms with van der Waals surface area (Å²) < 4.78 is 74.6. The summed E-state index contributed by atoms with van der Waals surface area (Å²) in [5.41, 5.74) is 3.92. The largest absolute Gasteiger partial charge is 0.311 e. The number of hydrogen-bond acceptors (Lipinski definition) is 2. The van der Waals surface area contributed by atoms with E-state index in [4.69, 9.17) is 0 Å². The highest BCUT2D eigenvalue weighted by Gasteiger charge is 2.19. The van der Waals surface area contributed by atoms with Crippen LogP contribution >= 0.6 is 0 Å². The number of anilines is 6. The molecular formula is C50H36N2.